The van der Waals surface area contributed by atoms with E-state index in [0.717, 1.165) is 26.1 Å². The highest BCUT2D eigenvalue weighted by Gasteiger charge is 2.11. The van der Waals surface area contributed by atoms with Gasteiger partial charge in [-0.25, -0.2) is 4.39 Å². The summed E-state index contributed by atoms with van der Waals surface area (Å²) < 4.78 is 13.7. The summed E-state index contributed by atoms with van der Waals surface area (Å²) in [7, 11) is 0. The van der Waals surface area contributed by atoms with Gasteiger partial charge in [-0.3, -0.25) is 4.79 Å². The average molecular weight is 331 g/mol. The van der Waals surface area contributed by atoms with Crippen molar-refractivity contribution in [1.29, 1.82) is 0 Å². The fraction of sp³-hybridized carbons (Fsp3) is 0.500. The number of hydrogen-bond donors (Lipinski definition) is 1. The van der Waals surface area contributed by atoms with E-state index in [1.54, 1.807) is 6.07 Å². The van der Waals surface area contributed by atoms with E-state index in [9.17, 15) is 9.18 Å². The monoisotopic (exact) mass is 330 g/mol. The number of nitrogens with one attached hydrogen (secondary N) is 1. The molecule has 0 fully saturated rings. The fourth-order valence-electron chi connectivity index (χ4n) is 1.84. The summed E-state index contributed by atoms with van der Waals surface area (Å²) in [4.78, 5) is 14.2. The van der Waals surface area contributed by atoms with Crippen LogP contribution in [0.2, 0.25) is 0 Å². The van der Waals surface area contributed by atoms with Crippen LogP contribution in [0.4, 0.5) is 4.39 Å². The average Bonchev–Trinajstić information content (AvgIpc) is 2.40. The van der Waals surface area contributed by atoms with Crippen molar-refractivity contribution in [2.24, 2.45) is 0 Å². The summed E-state index contributed by atoms with van der Waals surface area (Å²) in [5.41, 5.74) is 0.332. The molecule has 0 unspecified atom stereocenters. The molecule has 3 nitrogen and oxygen atoms in total. The molecule has 1 aromatic rings. The normalized spacial score (nSPS) is 10.8. The molecule has 0 aliphatic rings. The first-order valence-electron chi connectivity index (χ1n) is 6.54. The number of halogens is 2. The first-order valence-corrected chi connectivity index (χ1v) is 7.33. The van der Waals surface area contributed by atoms with Gasteiger partial charge in [0.05, 0.1) is 5.56 Å². The van der Waals surface area contributed by atoms with Crippen molar-refractivity contribution in [2.45, 2.75) is 20.3 Å². The Kier molecular flexibility index (Phi) is 7.02. The predicted octanol–water partition coefficient (Wildman–Crippen LogP) is 3.05. The Morgan fingerprint density at radius 1 is 1.37 bits per heavy atom. The Morgan fingerprint density at radius 3 is 2.74 bits per heavy atom. The minimum absolute atomic E-state index is 0.251. The van der Waals surface area contributed by atoms with Crippen molar-refractivity contribution in [3.05, 3.63) is 34.1 Å². The zero-order valence-corrected chi connectivity index (χ0v) is 13.0. The van der Waals surface area contributed by atoms with E-state index in [1.807, 2.05) is 0 Å². The Bertz CT molecular complexity index is 426. The highest BCUT2D eigenvalue weighted by molar-refractivity contribution is 9.10. The lowest BCUT2D eigenvalue weighted by atomic mass is 10.2. The van der Waals surface area contributed by atoms with Crippen molar-refractivity contribution in [3.63, 3.8) is 0 Å². The number of nitrogens with zero attached hydrogens (tertiary/aromatic N) is 1. The molecule has 0 aliphatic heterocycles. The van der Waals surface area contributed by atoms with Gasteiger partial charge in [0, 0.05) is 17.6 Å². The van der Waals surface area contributed by atoms with E-state index in [4.69, 9.17) is 0 Å². The maximum atomic E-state index is 13.1. The minimum Gasteiger partial charge on any atom is -0.351 e. The molecule has 0 heterocycles. The van der Waals surface area contributed by atoms with Crippen LogP contribution in [0.3, 0.4) is 0 Å². The molecule has 0 aromatic heterocycles. The molecule has 1 amide bonds. The topological polar surface area (TPSA) is 32.3 Å². The fourth-order valence-corrected chi connectivity index (χ4v) is 2.27. The Hall–Kier alpha value is -0.940. The minimum atomic E-state index is -0.408. The Labute approximate surface area is 122 Å². The zero-order chi connectivity index (χ0) is 14.3. The van der Waals surface area contributed by atoms with Crippen molar-refractivity contribution >= 4 is 21.8 Å². The number of rotatable bonds is 7. The first kappa shape index (κ1) is 16.1. The maximum absolute atomic E-state index is 13.1. The molecule has 19 heavy (non-hydrogen) atoms. The van der Waals surface area contributed by atoms with Crippen LogP contribution in [0.25, 0.3) is 0 Å². The second-order valence-corrected chi connectivity index (χ2v) is 5.17. The van der Waals surface area contributed by atoms with Crippen LogP contribution in [-0.4, -0.2) is 37.0 Å². The van der Waals surface area contributed by atoms with Crippen molar-refractivity contribution in [1.82, 2.24) is 10.2 Å². The number of carbonyl (C=O) groups is 1. The van der Waals surface area contributed by atoms with E-state index in [-0.39, 0.29) is 5.91 Å². The molecular formula is C14H20BrFN2O. The molecule has 0 radical (unpaired) electrons. The van der Waals surface area contributed by atoms with Crippen LogP contribution in [0.5, 0.6) is 0 Å². The number of benzene rings is 1. The number of hydrogen-bond acceptors (Lipinski definition) is 2. The first-order chi connectivity index (χ1) is 9.08. The highest BCUT2D eigenvalue weighted by Crippen LogP contribution is 2.17. The van der Waals surface area contributed by atoms with Gasteiger partial charge in [0.15, 0.2) is 0 Å². The van der Waals surface area contributed by atoms with Crippen molar-refractivity contribution in [3.8, 4) is 0 Å². The number of carbonyl (C=O) groups excluding carboxylic acids is 1. The van der Waals surface area contributed by atoms with E-state index < -0.39 is 5.82 Å². The van der Waals surface area contributed by atoms with Gasteiger partial charge in [0.25, 0.3) is 5.91 Å². The quantitative estimate of drug-likeness (QED) is 0.833. The molecular weight excluding hydrogens is 311 g/mol. The zero-order valence-electron chi connectivity index (χ0n) is 11.4. The van der Waals surface area contributed by atoms with Gasteiger partial charge in [0.2, 0.25) is 0 Å². The van der Waals surface area contributed by atoms with E-state index >= 15 is 0 Å². The molecule has 0 saturated carbocycles. The third kappa shape index (κ3) is 5.28. The lowest BCUT2D eigenvalue weighted by Crippen LogP contribution is -2.35. The molecule has 1 rings (SSSR count). The Morgan fingerprint density at radius 2 is 2.11 bits per heavy atom. The summed E-state index contributed by atoms with van der Waals surface area (Å²) in [5, 5.41) is 2.81. The van der Waals surface area contributed by atoms with Crippen LogP contribution in [0.1, 0.15) is 30.6 Å². The summed E-state index contributed by atoms with van der Waals surface area (Å²) >= 11 is 3.25. The standard InChI is InChI=1S/C14H20BrFN2O/c1-3-8-18(4-2)9-7-17-14(19)12-10-11(16)5-6-13(12)15/h5-6,10H,3-4,7-9H2,1-2H3,(H,17,19). The van der Waals surface area contributed by atoms with Crippen LogP contribution >= 0.6 is 15.9 Å². The van der Waals surface area contributed by atoms with Crippen LogP contribution in [0, 0.1) is 5.82 Å². The smallest absolute Gasteiger partial charge is 0.252 e. The molecule has 0 aliphatic carbocycles. The van der Waals surface area contributed by atoms with E-state index in [2.05, 4.69) is 40.0 Å². The molecule has 5 heteroatoms. The molecule has 0 atom stereocenters. The molecule has 0 bridgehead atoms. The maximum Gasteiger partial charge on any atom is 0.252 e. The SMILES string of the molecule is CCCN(CC)CCNC(=O)c1cc(F)ccc1Br. The molecule has 1 N–H and O–H groups in total. The van der Waals surface area contributed by atoms with E-state index in [1.165, 1.54) is 12.1 Å². The summed E-state index contributed by atoms with van der Waals surface area (Å²) in [5.74, 6) is -0.659. The van der Waals surface area contributed by atoms with Gasteiger partial charge < -0.3 is 10.2 Å². The van der Waals surface area contributed by atoms with Gasteiger partial charge in [0.1, 0.15) is 5.82 Å². The molecule has 106 valence electrons. The van der Waals surface area contributed by atoms with E-state index in [0.29, 0.717) is 16.6 Å². The largest absolute Gasteiger partial charge is 0.351 e. The highest BCUT2D eigenvalue weighted by atomic mass is 79.9. The lowest BCUT2D eigenvalue weighted by molar-refractivity contribution is 0.0947. The Balaban J connectivity index is 2.49. The predicted molar refractivity (Wildman–Crippen MR) is 78.8 cm³/mol. The van der Waals surface area contributed by atoms with Crippen LogP contribution < -0.4 is 5.32 Å². The summed E-state index contributed by atoms with van der Waals surface area (Å²) in [6.45, 7) is 7.59. The lowest BCUT2D eigenvalue weighted by Gasteiger charge is -2.19. The number of amides is 1. The third-order valence-electron chi connectivity index (χ3n) is 2.87. The summed E-state index contributed by atoms with van der Waals surface area (Å²) in [6, 6.07) is 4.10. The van der Waals surface area contributed by atoms with Gasteiger partial charge in [-0.05, 0) is 53.6 Å². The molecule has 0 saturated heterocycles. The van der Waals surface area contributed by atoms with Crippen molar-refractivity contribution in [2.75, 3.05) is 26.2 Å². The van der Waals surface area contributed by atoms with Gasteiger partial charge in [-0.2, -0.15) is 0 Å². The van der Waals surface area contributed by atoms with Gasteiger partial charge in [-0.1, -0.05) is 13.8 Å². The van der Waals surface area contributed by atoms with Crippen molar-refractivity contribution < 1.29 is 9.18 Å². The van der Waals surface area contributed by atoms with Crippen LogP contribution in [0.15, 0.2) is 22.7 Å². The second kappa shape index (κ2) is 8.27. The summed E-state index contributed by atoms with van der Waals surface area (Å²) in [6.07, 6.45) is 1.09. The molecule has 1 aromatic carbocycles. The third-order valence-corrected chi connectivity index (χ3v) is 3.57. The second-order valence-electron chi connectivity index (χ2n) is 4.31. The molecule has 0 spiro atoms. The number of likely N-dealkylation sites (N-methyl/N-ethyl adjacent to an activating group) is 1. The van der Waals surface area contributed by atoms with Gasteiger partial charge in [-0.15, -0.1) is 0 Å². The van der Waals surface area contributed by atoms with Gasteiger partial charge >= 0.3 is 0 Å². The van der Waals surface area contributed by atoms with Crippen LogP contribution in [-0.2, 0) is 0 Å².